The third-order valence-corrected chi connectivity index (χ3v) is 3.02. The van der Waals surface area contributed by atoms with Gasteiger partial charge in [0.15, 0.2) is 0 Å². The Balaban J connectivity index is 2.33. The van der Waals surface area contributed by atoms with Gasteiger partial charge in [0.2, 0.25) is 11.7 Å². The summed E-state index contributed by atoms with van der Waals surface area (Å²) in [5.74, 6) is 0.861. The van der Waals surface area contributed by atoms with E-state index in [9.17, 15) is 14.9 Å². The molecule has 0 spiro atoms. The van der Waals surface area contributed by atoms with Crippen LogP contribution < -0.4 is 15.5 Å². The molecular formula is C12H17N5O3. The van der Waals surface area contributed by atoms with Gasteiger partial charge >= 0.3 is 5.69 Å². The van der Waals surface area contributed by atoms with Crippen LogP contribution in [0, 0.1) is 10.1 Å². The van der Waals surface area contributed by atoms with Crippen LogP contribution in [0.15, 0.2) is 12.1 Å². The zero-order valence-electron chi connectivity index (χ0n) is 11.3. The number of aromatic nitrogens is 1. The minimum Gasteiger partial charge on any atom is -0.370 e. The Morgan fingerprint density at radius 3 is 3.00 bits per heavy atom. The third-order valence-electron chi connectivity index (χ3n) is 3.02. The first-order valence-electron chi connectivity index (χ1n) is 6.52. The Labute approximate surface area is 116 Å². The smallest absolute Gasteiger partial charge is 0.311 e. The average Bonchev–Trinajstić information content (AvgIpc) is 2.63. The molecule has 0 aliphatic carbocycles. The number of hydrogen-bond acceptors (Lipinski definition) is 6. The highest BCUT2D eigenvalue weighted by molar-refractivity contribution is 5.77. The normalized spacial score (nSPS) is 15.4. The van der Waals surface area contributed by atoms with E-state index < -0.39 is 4.92 Å². The van der Waals surface area contributed by atoms with E-state index >= 15 is 0 Å². The van der Waals surface area contributed by atoms with E-state index in [2.05, 4.69) is 15.6 Å². The molecule has 0 unspecified atom stereocenters. The summed E-state index contributed by atoms with van der Waals surface area (Å²) in [6.45, 7) is 4.01. The van der Waals surface area contributed by atoms with Gasteiger partial charge in [-0.3, -0.25) is 14.9 Å². The SMILES string of the molecule is CCNc1ccc([N+](=O)[O-])c(N2CCNC(=O)CC2)n1. The first-order chi connectivity index (χ1) is 9.61. The second kappa shape index (κ2) is 6.18. The maximum absolute atomic E-state index is 11.3. The molecule has 2 heterocycles. The molecule has 1 aromatic rings. The van der Waals surface area contributed by atoms with Gasteiger partial charge in [-0.15, -0.1) is 0 Å². The Kier molecular flexibility index (Phi) is 4.34. The summed E-state index contributed by atoms with van der Waals surface area (Å²) in [6, 6.07) is 3.03. The molecule has 1 amide bonds. The number of carbonyl (C=O) groups is 1. The van der Waals surface area contributed by atoms with Gasteiger partial charge in [0.25, 0.3) is 0 Å². The fraction of sp³-hybridized carbons (Fsp3) is 0.500. The molecule has 1 saturated heterocycles. The maximum Gasteiger partial charge on any atom is 0.311 e. The summed E-state index contributed by atoms with van der Waals surface area (Å²) in [6.07, 6.45) is 0.310. The van der Waals surface area contributed by atoms with E-state index in [-0.39, 0.29) is 11.6 Å². The molecule has 1 aliphatic heterocycles. The van der Waals surface area contributed by atoms with Crippen molar-refractivity contribution in [2.24, 2.45) is 0 Å². The number of nitro groups is 1. The van der Waals surface area contributed by atoms with Crippen LogP contribution in [0.25, 0.3) is 0 Å². The van der Waals surface area contributed by atoms with E-state index in [4.69, 9.17) is 0 Å². The predicted octanol–water partition coefficient (Wildman–Crippen LogP) is 0.748. The fourth-order valence-electron chi connectivity index (χ4n) is 2.07. The van der Waals surface area contributed by atoms with Crippen molar-refractivity contribution in [3.63, 3.8) is 0 Å². The van der Waals surface area contributed by atoms with Crippen LogP contribution in [-0.4, -0.2) is 42.0 Å². The molecule has 1 aromatic heterocycles. The number of nitrogens with one attached hydrogen (secondary N) is 2. The van der Waals surface area contributed by atoms with Crippen LogP contribution in [0.5, 0.6) is 0 Å². The molecule has 8 nitrogen and oxygen atoms in total. The van der Waals surface area contributed by atoms with Crippen molar-refractivity contribution in [2.75, 3.05) is 36.4 Å². The molecule has 0 radical (unpaired) electrons. The topological polar surface area (TPSA) is 100 Å². The van der Waals surface area contributed by atoms with Gasteiger partial charge in [-0.1, -0.05) is 0 Å². The van der Waals surface area contributed by atoms with Gasteiger partial charge in [-0.05, 0) is 13.0 Å². The quantitative estimate of drug-likeness (QED) is 0.623. The second-order valence-corrected chi connectivity index (χ2v) is 4.41. The molecule has 0 bridgehead atoms. The van der Waals surface area contributed by atoms with Gasteiger partial charge in [0, 0.05) is 38.7 Å². The molecule has 0 aromatic carbocycles. The van der Waals surface area contributed by atoms with Gasteiger partial charge in [0.1, 0.15) is 5.82 Å². The minimum atomic E-state index is -0.446. The zero-order chi connectivity index (χ0) is 14.5. The Hall–Kier alpha value is -2.38. The first kappa shape index (κ1) is 14.0. The fourth-order valence-corrected chi connectivity index (χ4v) is 2.07. The maximum atomic E-state index is 11.3. The molecule has 1 aliphatic rings. The van der Waals surface area contributed by atoms with Crippen LogP contribution in [0.3, 0.4) is 0 Å². The van der Waals surface area contributed by atoms with Gasteiger partial charge < -0.3 is 15.5 Å². The molecule has 108 valence electrons. The lowest BCUT2D eigenvalue weighted by atomic mass is 10.3. The van der Waals surface area contributed by atoms with Crippen molar-refractivity contribution in [2.45, 2.75) is 13.3 Å². The molecule has 1 fully saturated rings. The van der Waals surface area contributed by atoms with E-state index in [0.29, 0.717) is 44.2 Å². The van der Waals surface area contributed by atoms with E-state index in [0.717, 1.165) is 0 Å². The van der Waals surface area contributed by atoms with E-state index in [1.807, 2.05) is 6.92 Å². The molecule has 20 heavy (non-hydrogen) atoms. The lowest BCUT2D eigenvalue weighted by Gasteiger charge is -2.20. The summed E-state index contributed by atoms with van der Waals surface area (Å²) in [5.41, 5.74) is -0.0407. The molecule has 2 rings (SSSR count). The molecule has 8 heteroatoms. The minimum absolute atomic E-state index is 0.0407. The summed E-state index contributed by atoms with van der Waals surface area (Å²) in [4.78, 5) is 28.1. The van der Waals surface area contributed by atoms with Gasteiger partial charge in [-0.2, -0.15) is 0 Å². The highest BCUT2D eigenvalue weighted by atomic mass is 16.6. The number of pyridine rings is 1. The highest BCUT2D eigenvalue weighted by Gasteiger charge is 2.24. The monoisotopic (exact) mass is 279 g/mol. The average molecular weight is 279 g/mol. The van der Waals surface area contributed by atoms with Crippen molar-refractivity contribution in [1.82, 2.24) is 10.3 Å². The van der Waals surface area contributed by atoms with Crippen LogP contribution in [0.2, 0.25) is 0 Å². The standard InChI is InChI=1S/C12H17N5O3/c1-2-13-10-4-3-9(17(19)20)12(15-10)16-7-5-11(18)14-6-8-16/h3-4H,2,5-8H2,1H3,(H,13,15)(H,14,18). The van der Waals surface area contributed by atoms with Gasteiger partial charge in [0.05, 0.1) is 4.92 Å². The number of amides is 1. The Morgan fingerprint density at radius 1 is 1.50 bits per heavy atom. The van der Waals surface area contributed by atoms with Crippen molar-refractivity contribution < 1.29 is 9.72 Å². The number of carbonyl (C=O) groups excluding carboxylic acids is 1. The number of anilines is 2. The molecule has 0 saturated carbocycles. The van der Waals surface area contributed by atoms with Crippen molar-refractivity contribution in [3.8, 4) is 0 Å². The summed E-state index contributed by atoms with van der Waals surface area (Å²) in [5, 5.41) is 16.9. The number of nitrogens with zero attached hydrogens (tertiary/aromatic N) is 3. The van der Waals surface area contributed by atoms with E-state index in [1.54, 1.807) is 11.0 Å². The van der Waals surface area contributed by atoms with Gasteiger partial charge in [-0.25, -0.2) is 4.98 Å². The van der Waals surface area contributed by atoms with Crippen molar-refractivity contribution >= 4 is 23.2 Å². The van der Waals surface area contributed by atoms with E-state index in [1.165, 1.54) is 6.07 Å². The lowest BCUT2D eigenvalue weighted by Crippen LogP contribution is -2.29. The Morgan fingerprint density at radius 2 is 2.30 bits per heavy atom. The molecule has 0 atom stereocenters. The number of rotatable bonds is 4. The van der Waals surface area contributed by atoms with Crippen LogP contribution in [0.4, 0.5) is 17.3 Å². The van der Waals surface area contributed by atoms with Crippen LogP contribution in [-0.2, 0) is 4.79 Å². The van der Waals surface area contributed by atoms with Crippen LogP contribution in [0.1, 0.15) is 13.3 Å². The molecular weight excluding hydrogens is 262 g/mol. The first-order valence-corrected chi connectivity index (χ1v) is 6.52. The lowest BCUT2D eigenvalue weighted by molar-refractivity contribution is -0.384. The highest BCUT2D eigenvalue weighted by Crippen LogP contribution is 2.28. The summed E-state index contributed by atoms with van der Waals surface area (Å²) >= 11 is 0. The second-order valence-electron chi connectivity index (χ2n) is 4.41. The zero-order valence-corrected chi connectivity index (χ0v) is 11.3. The third kappa shape index (κ3) is 3.14. The summed E-state index contributed by atoms with van der Waals surface area (Å²) < 4.78 is 0. The summed E-state index contributed by atoms with van der Waals surface area (Å²) in [7, 11) is 0. The number of hydrogen-bond donors (Lipinski definition) is 2. The Bertz CT molecular complexity index is 520. The predicted molar refractivity (Wildman–Crippen MR) is 74.9 cm³/mol. The van der Waals surface area contributed by atoms with Crippen LogP contribution >= 0.6 is 0 Å². The van der Waals surface area contributed by atoms with Crippen molar-refractivity contribution in [1.29, 1.82) is 0 Å². The van der Waals surface area contributed by atoms with Crippen molar-refractivity contribution in [3.05, 3.63) is 22.2 Å². The molecule has 2 N–H and O–H groups in total. The largest absolute Gasteiger partial charge is 0.370 e.